The fraction of sp³-hybridized carbons (Fsp3) is 0. The van der Waals surface area contributed by atoms with Gasteiger partial charge >= 0.3 is 0 Å². The highest BCUT2D eigenvalue weighted by atomic mass is 79.9. The van der Waals surface area contributed by atoms with Gasteiger partial charge in [0.15, 0.2) is 4.34 Å². The van der Waals surface area contributed by atoms with Gasteiger partial charge in [-0.05, 0) is 47.7 Å². The number of para-hydroxylation sites is 1. The maximum atomic E-state index is 9.32. The Kier molecular flexibility index (Phi) is 4.39. The second-order valence-corrected chi connectivity index (χ2v) is 7.46. The minimum atomic E-state index is 0.632. The second kappa shape index (κ2) is 6.44. The SMILES string of the molecule is N#C/C(=C/c1cccc(Br)c1)Sc1nc2ccccc2s1. The lowest BCUT2D eigenvalue weighted by Gasteiger charge is -1.97. The van der Waals surface area contributed by atoms with Crippen LogP contribution in [0.1, 0.15) is 5.56 Å². The van der Waals surface area contributed by atoms with E-state index in [9.17, 15) is 5.26 Å². The zero-order chi connectivity index (χ0) is 14.7. The van der Waals surface area contributed by atoms with Crippen molar-refractivity contribution in [2.24, 2.45) is 0 Å². The van der Waals surface area contributed by atoms with Crippen LogP contribution in [0.3, 0.4) is 0 Å². The number of allylic oxidation sites excluding steroid dienone is 1. The molecule has 0 aliphatic rings. The summed E-state index contributed by atoms with van der Waals surface area (Å²) in [6.45, 7) is 0. The van der Waals surface area contributed by atoms with Crippen molar-refractivity contribution in [3.63, 3.8) is 0 Å². The Labute approximate surface area is 139 Å². The van der Waals surface area contributed by atoms with Crippen molar-refractivity contribution in [3.8, 4) is 6.07 Å². The third kappa shape index (κ3) is 3.53. The lowest BCUT2D eigenvalue weighted by Crippen LogP contribution is -1.76. The minimum Gasteiger partial charge on any atom is -0.229 e. The van der Waals surface area contributed by atoms with Gasteiger partial charge in [-0.15, -0.1) is 11.3 Å². The van der Waals surface area contributed by atoms with Crippen LogP contribution in [-0.2, 0) is 0 Å². The molecule has 0 radical (unpaired) electrons. The van der Waals surface area contributed by atoms with Crippen LogP contribution in [0.5, 0.6) is 0 Å². The van der Waals surface area contributed by atoms with Gasteiger partial charge in [-0.3, -0.25) is 0 Å². The molecule has 2 nitrogen and oxygen atoms in total. The molecule has 0 saturated heterocycles. The molecule has 0 atom stereocenters. The van der Waals surface area contributed by atoms with Crippen molar-refractivity contribution in [1.29, 1.82) is 5.26 Å². The topological polar surface area (TPSA) is 36.7 Å². The number of thioether (sulfide) groups is 1. The molecule has 0 bridgehead atoms. The van der Waals surface area contributed by atoms with E-state index in [2.05, 4.69) is 27.0 Å². The van der Waals surface area contributed by atoms with Crippen molar-refractivity contribution in [3.05, 3.63) is 63.5 Å². The molecule has 0 unspecified atom stereocenters. The number of nitrogens with zero attached hydrogens (tertiary/aromatic N) is 2. The van der Waals surface area contributed by atoms with Crippen molar-refractivity contribution in [2.45, 2.75) is 4.34 Å². The van der Waals surface area contributed by atoms with Crippen molar-refractivity contribution >= 4 is 55.3 Å². The van der Waals surface area contributed by atoms with Crippen LogP contribution in [0.2, 0.25) is 0 Å². The zero-order valence-electron chi connectivity index (χ0n) is 10.8. The molecule has 3 aromatic rings. The van der Waals surface area contributed by atoms with Gasteiger partial charge in [0.25, 0.3) is 0 Å². The van der Waals surface area contributed by atoms with E-state index < -0.39 is 0 Å². The Morgan fingerprint density at radius 3 is 2.86 bits per heavy atom. The van der Waals surface area contributed by atoms with Crippen molar-refractivity contribution in [1.82, 2.24) is 4.98 Å². The molecule has 0 saturated carbocycles. The Hall–Kier alpha value is -1.61. The lowest BCUT2D eigenvalue weighted by atomic mass is 10.2. The Morgan fingerprint density at radius 1 is 1.24 bits per heavy atom. The van der Waals surface area contributed by atoms with Crippen LogP contribution >= 0.6 is 39.0 Å². The summed E-state index contributed by atoms with van der Waals surface area (Å²) in [6, 6.07) is 18.1. The smallest absolute Gasteiger partial charge is 0.156 e. The maximum Gasteiger partial charge on any atom is 0.156 e. The summed E-state index contributed by atoms with van der Waals surface area (Å²) in [5.74, 6) is 0. The van der Waals surface area contributed by atoms with Crippen LogP contribution < -0.4 is 0 Å². The first-order chi connectivity index (χ1) is 10.2. The maximum absolute atomic E-state index is 9.32. The molecule has 5 heteroatoms. The van der Waals surface area contributed by atoms with Gasteiger partial charge in [-0.1, -0.05) is 40.2 Å². The molecule has 102 valence electrons. The average molecular weight is 373 g/mol. The molecular weight excluding hydrogens is 364 g/mol. The standard InChI is InChI=1S/C16H9BrN2S2/c17-12-5-3-4-11(8-12)9-13(10-18)20-16-19-14-6-1-2-7-15(14)21-16/h1-9H/b13-9-. The quantitative estimate of drug-likeness (QED) is 0.435. The third-order valence-electron chi connectivity index (χ3n) is 2.73. The van der Waals surface area contributed by atoms with E-state index >= 15 is 0 Å². The van der Waals surface area contributed by atoms with Gasteiger partial charge in [-0.2, -0.15) is 5.26 Å². The molecule has 0 aliphatic carbocycles. The number of fused-ring (bicyclic) bond motifs is 1. The van der Waals surface area contributed by atoms with Crippen molar-refractivity contribution < 1.29 is 0 Å². The predicted molar refractivity (Wildman–Crippen MR) is 93.2 cm³/mol. The van der Waals surface area contributed by atoms with E-state index in [0.717, 1.165) is 24.6 Å². The summed E-state index contributed by atoms with van der Waals surface area (Å²) in [4.78, 5) is 5.17. The number of nitriles is 1. The van der Waals surface area contributed by atoms with E-state index in [1.807, 2.05) is 54.6 Å². The van der Waals surface area contributed by atoms with Crippen LogP contribution in [0.15, 0.2) is 62.2 Å². The van der Waals surface area contributed by atoms with E-state index in [0.29, 0.717) is 4.91 Å². The predicted octanol–water partition coefficient (Wildman–Crippen LogP) is 5.72. The van der Waals surface area contributed by atoms with Crippen LogP contribution in [0.4, 0.5) is 0 Å². The van der Waals surface area contributed by atoms with E-state index in [1.54, 1.807) is 11.3 Å². The van der Waals surface area contributed by atoms with Gasteiger partial charge in [0.2, 0.25) is 0 Å². The monoisotopic (exact) mass is 372 g/mol. The van der Waals surface area contributed by atoms with E-state index in [-0.39, 0.29) is 0 Å². The number of hydrogen-bond acceptors (Lipinski definition) is 4. The lowest BCUT2D eigenvalue weighted by molar-refractivity contribution is 1.31. The Bertz CT molecular complexity index is 829. The van der Waals surface area contributed by atoms with E-state index in [1.165, 1.54) is 11.8 Å². The molecule has 0 fully saturated rings. The molecule has 1 aromatic heterocycles. The van der Waals surface area contributed by atoms with Crippen LogP contribution in [0, 0.1) is 11.3 Å². The summed E-state index contributed by atoms with van der Waals surface area (Å²) in [5.41, 5.74) is 1.97. The highest BCUT2D eigenvalue weighted by Crippen LogP contribution is 2.34. The fourth-order valence-electron chi connectivity index (χ4n) is 1.82. The third-order valence-corrected chi connectivity index (χ3v) is 5.25. The number of aromatic nitrogens is 1. The van der Waals surface area contributed by atoms with Gasteiger partial charge in [0.1, 0.15) is 6.07 Å². The molecule has 3 rings (SSSR count). The fourth-order valence-corrected chi connectivity index (χ4v) is 4.21. The average Bonchev–Trinajstić information content (AvgIpc) is 2.89. The van der Waals surface area contributed by atoms with Crippen LogP contribution in [-0.4, -0.2) is 4.98 Å². The van der Waals surface area contributed by atoms with Crippen LogP contribution in [0.25, 0.3) is 16.3 Å². The first-order valence-electron chi connectivity index (χ1n) is 6.15. The summed E-state index contributed by atoms with van der Waals surface area (Å²) in [6.07, 6.45) is 1.88. The summed E-state index contributed by atoms with van der Waals surface area (Å²) in [5, 5.41) is 9.32. The molecular formula is C16H9BrN2S2. The van der Waals surface area contributed by atoms with Gasteiger partial charge < -0.3 is 0 Å². The largest absolute Gasteiger partial charge is 0.229 e. The Morgan fingerprint density at radius 2 is 2.10 bits per heavy atom. The van der Waals surface area contributed by atoms with Gasteiger partial charge in [0, 0.05) is 4.47 Å². The normalized spacial score (nSPS) is 11.5. The molecule has 1 heterocycles. The molecule has 0 spiro atoms. The number of rotatable bonds is 3. The highest BCUT2D eigenvalue weighted by molar-refractivity contribution is 9.10. The van der Waals surface area contributed by atoms with E-state index in [4.69, 9.17) is 0 Å². The summed E-state index contributed by atoms with van der Waals surface area (Å²) in [7, 11) is 0. The minimum absolute atomic E-state index is 0.632. The molecule has 2 aromatic carbocycles. The summed E-state index contributed by atoms with van der Waals surface area (Å²) < 4.78 is 3.03. The number of thiazole rings is 1. The number of halogens is 1. The number of hydrogen-bond donors (Lipinski definition) is 0. The van der Waals surface area contributed by atoms with Gasteiger partial charge in [0.05, 0.1) is 15.1 Å². The molecule has 21 heavy (non-hydrogen) atoms. The molecule has 0 N–H and O–H groups in total. The molecule has 0 amide bonds. The van der Waals surface area contributed by atoms with Crippen molar-refractivity contribution in [2.75, 3.05) is 0 Å². The highest BCUT2D eigenvalue weighted by Gasteiger charge is 2.07. The molecule has 0 aliphatic heterocycles. The number of benzene rings is 2. The van der Waals surface area contributed by atoms with Gasteiger partial charge in [-0.25, -0.2) is 4.98 Å². The zero-order valence-corrected chi connectivity index (χ0v) is 14.0. The summed E-state index contributed by atoms with van der Waals surface area (Å²) >= 11 is 6.45. The second-order valence-electron chi connectivity index (χ2n) is 4.22. The Balaban J connectivity index is 1.89. The first kappa shape index (κ1) is 14.3. The first-order valence-corrected chi connectivity index (χ1v) is 8.58.